The van der Waals surface area contributed by atoms with Crippen LogP contribution in [0.25, 0.3) is 4.96 Å². The summed E-state index contributed by atoms with van der Waals surface area (Å²) in [5, 5.41) is 5.87. The molecule has 0 bridgehead atoms. The van der Waals surface area contributed by atoms with Gasteiger partial charge in [0.25, 0.3) is 5.56 Å². The summed E-state index contributed by atoms with van der Waals surface area (Å²) < 4.78 is 1.37. The highest BCUT2D eigenvalue weighted by atomic mass is 35.5. The number of thioether (sulfide) groups is 1. The van der Waals surface area contributed by atoms with Crippen molar-refractivity contribution in [1.29, 1.82) is 0 Å². The normalized spacial score (nSPS) is 11.1. The van der Waals surface area contributed by atoms with Crippen molar-refractivity contribution in [3.63, 3.8) is 0 Å². The SMILES string of the molecule is CCc1nn2c(=O)cc(CSc3ccc(Cl)cc3)nc2s1. The van der Waals surface area contributed by atoms with Crippen LogP contribution in [-0.2, 0) is 12.2 Å². The third-order valence-corrected chi connectivity index (χ3v) is 5.19. The molecule has 3 aromatic rings. The Morgan fingerprint density at radius 3 is 2.81 bits per heavy atom. The maximum atomic E-state index is 12.0. The first-order valence-corrected chi connectivity index (χ1v) is 8.61. The van der Waals surface area contributed by atoms with Crippen molar-refractivity contribution in [3.05, 3.63) is 56.4 Å². The van der Waals surface area contributed by atoms with Crippen LogP contribution in [0.15, 0.2) is 40.0 Å². The van der Waals surface area contributed by atoms with Crippen molar-refractivity contribution in [3.8, 4) is 0 Å². The third-order valence-electron chi connectivity index (χ3n) is 2.84. The number of nitrogens with zero attached hydrogens (tertiary/aromatic N) is 3. The summed E-state index contributed by atoms with van der Waals surface area (Å²) in [6.45, 7) is 2.01. The highest BCUT2D eigenvalue weighted by Crippen LogP contribution is 2.23. The Labute approximate surface area is 134 Å². The number of benzene rings is 1. The van der Waals surface area contributed by atoms with Crippen molar-refractivity contribution in [1.82, 2.24) is 14.6 Å². The summed E-state index contributed by atoms with van der Waals surface area (Å²) in [4.78, 5) is 18.3. The molecule has 0 unspecified atom stereocenters. The molecule has 108 valence electrons. The fraction of sp³-hybridized carbons (Fsp3) is 0.214. The van der Waals surface area contributed by atoms with Crippen LogP contribution in [0.2, 0.25) is 5.02 Å². The fourth-order valence-corrected chi connectivity index (χ4v) is 3.58. The quantitative estimate of drug-likeness (QED) is 0.682. The number of fused-ring (bicyclic) bond motifs is 1. The first kappa shape index (κ1) is 14.6. The molecule has 0 aliphatic rings. The molecule has 0 saturated heterocycles. The third kappa shape index (κ3) is 3.28. The van der Waals surface area contributed by atoms with Crippen LogP contribution in [-0.4, -0.2) is 14.6 Å². The molecule has 0 amide bonds. The van der Waals surface area contributed by atoms with Crippen LogP contribution in [0.1, 0.15) is 17.6 Å². The molecule has 2 aromatic heterocycles. The Hall–Kier alpha value is -1.37. The van der Waals surface area contributed by atoms with Gasteiger partial charge in [0.2, 0.25) is 4.96 Å². The van der Waals surface area contributed by atoms with Gasteiger partial charge in [-0.15, -0.1) is 11.8 Å². The van der Waals surface area contributed by atoms with Crippen LogP contribution >= 0.6 is 34.7 Å². The van der Waals surface area contributed by atoms with Gasteiger partial charge in [0, 0.05) is 21.7 Å². The van der Waals surface area contributed by atoms with Crippen molar-refractivity contribution in [2.24, 2.45) is 0 Å². The van der Waals surface area contributed by atoms with E-state index in [0.29, 0.717) is 15.7 Å². The average molecular weight is 338 g/mol. The molecule has 0 saturated carbocycles. The molecule has 7 heteroatoms. The Morgan fingerprint density at radius 2 is 2.10 bits per heavy atom. The van der Waals surface area contributed by atoms with E-state index >= 15 is 0 Å². The second-order valence-corrected chi connectivity index (χ2v) is 6.90. The molecule has 2 heterocycles. The Morgan fingerprint density at radius 1 is 1.33 bits per heavy atom. The van der Waals surface area contributed by atoms with Crippen LogP contribution in [0.4, 0.5) is 0 Å². The number of hydrogen-bond donors (Lipinski definition) is 0. The van der Waals surface area contributed by atoms with E-state index in [0.717, 1.165) is 22.0 Å². The molecule has 0 atom stereocenters. The highest BCUT2D eigenvalue weighted by Gasteiger charge is 2.08. The lowest BCUT2D eigenvalue weighted by Gasteiger charge is -2.01. The van der Waals surface area contributed by atoms with Crippen LogP contribution in [0.3, 0.4) is 0 Å². The lowest BCUT2D eigenvalue weighted by atomic mass is 10.4. The topological polar surface area (TPSA) is 47.3 Å². The minimum Gasteiger partial charge on any atom is -0.267 e. The largest absolute Gasteiger partial charge is 0.275 e. The van der Waals surface area contributed by atoms with Gasteiger partial charge in [-0.2, -0.15) is 9.61 Å². The molecule has 0 spiro atoms. The molecular weight excluding hydrogens is 326 g/mol. The van der Waals surface area contributed by atoms with Crippen molar-refractivity contribution < 1.29 is 0 Å². The zero-order valence-corrected chi connectivity index (χ0v) is 13.6. The maximum Gasteiger partial charge on any atom is 0.275 e. The van der Waals surface area contributed by atoms with Gasteiger partial charge in [0.15, 0.2) is 0 Å². The van der Waals surface area contributed by atoms with E-state index in [1.54, 1.807) is 17.8 Å². The molecule has 21 heavy (non-hydrogen) atoms. The first-order valence-electron chi connectivity index (χ1n) is 6.43. The predicted molar refractivity (Wildman–Crippen MR) is 87.5 cm³/mol. The monoisotopic (exact) mass is 337 g/mol. The summed E-state index contributed by atoms with van der Waals surface area (Å²) in [6, 6.07) is 9.17. The molecule has 0 N–H and O–H groups in total. The second-order valence-electron chi connectivity index (χ2n) is 4.37. The van der Waals surface area contributed by atoms with E-state index in [-0.39, 0.29) is 5.56 Å². The Balaban J connectivity index is 1.83. The molecule has 0 fully saturated rings. The number of hydrogen-bond acceptors (Lipinski definition) is 5. The number of aromatic nitrogens is 3. The van der Waals surface area contributed by atoms with E-state index in [2.05, 4.69) is 10.1 Å². The fourth-order valence-electron chi connectivity index (χ4n) is 1.80. The van der Waals surface area contributed by atoms with E-state index in [4.69, 9.17) is 11.6 Å². The van der Waals surface area contributed by atoms with Crippen LogP contribution in [0.5, 0.6) is 0 Å². The highest BCUT2D eigenvalue weighted by molar-refractivity contribution is 7.98. The Bertz CT molecular complexity index is 826. The summed E-state index contributed by atoms with van der Waals surface area (Å²) in [5.41, 5.74) is 0.647. The molecule has 1 aromatic carbocycles. The van der Waals surface area contributed by atoms with Gasteiger partial charge in [0.05, 0.1) is 5.69 Å². The standard InChI is InChI=1S/C14H12ClN3OS2/c1-2-12-17-18-13(19)7-10(16-14(18)21-12)8-20-11-5-3-9(15)4-6-11/h3-7H,2,8H2,1H3. The van der Waals surface area contributed by atoms with Gasteiger partial charge in [-0.25, -0.2) is 4.98 Å². The zero-order valence-electron chi connectivity index (χ0n) is 11.2. The number of aryl methyl sites for hydroxylation is 1. The van der Waals surface area contributed by atoms with E-state index in [9.17, 15) is 4.79 Å². The van der Waals surface area contributed by atoms with Gasteiger partial charge in [-0.3, -0.25) is 4.79 Å². The van der Waals surface area contributed by atoms with Gasteiger partial charge in [0.1, 0.15) is 5.01 Å². The number of rotatable bonds is 4. The summed E-state index contributed by atoms with van der Waals surface area (Å²) >= 11 is 8.95. The maximum absolute atomic E-state index is 12.0. The van der Waals surface area contributed by atoms with Crippen molar-refractivity contribution in [2.75, 3.05) is 0 Å². The van der Waals surface area contributed by atoms with Crippen molar-refractivity contribution in [2.45, 2.75) is 24.0 Å². The van der Waals surface area contributed by atoms with E-state index in [1.165, 1.54) is 15.9 Å². The van der Waals surface area contributed by atoms with Gasteiger partial charge in [-0.1, -0.05) is 29.9 Å². The first-order chi connectivity index (χ1) is 10.2. The van der Waals surface area contributed by atoms with Gasteiger partial charge >= 0.3 is 0 Å². The van der Waals surface area contributed by atoms with Crippen molar-refractivity contribution >= 4 is 39.7 Å². The molecular formula is C14H12ClN3OS2. The molecule has 3 rings (SSSR count). The number of halogens is 1. The molecule has 0 radical (unpaired) electrons. The van der Waals surface area contributed by atoms with E-state index in [1.807, 2.05) is 31.2 Å². The van der Waals surface area contributed by atoms with Gasteiger partial charge in [-0.05, 0) is 30.7 Å². The minimum atomic E-state index is -0.123. The predicted octanol–water partition coefficient (Wildman–Crippen LogP) is 3.66. The minimum absolute atomic E-state index is 0.123. The second kappa shape index (κ2) is 6.17. The van der Waals surface area contributed by atoms with Gasteiger partial charge < -0.3 is 0 Å². The lowest BCUT2D eigenvalue weighted by molar-refractivity contribution is 0.852. The summed E-state index contributed by atoms with van der Waals surface area (Å²) in [5.74, 6) is 0.646. The zero-order chi connectivity index (χ0) is 14.8. The average Bonchev–Trinajstić information content (AvgIpc) is 2.90. The molecule has 4 nitrogen and oxygen atoms in total. The summed E-state index contributed by atoms with van der Waals surface area (Å²) in [7, 11) is 0. The van der Waals surface area contributed by atoms with E-state index < -0.39 is 0 Å². The lowest BCUT2D eigenvalue weighted by Crippen LogP contribution is -2.15. The summed E-state index contributed by atoms with van der Waals surface area (Å²) in [6.07, 6.45) is 0.808. The molecule has 0 aliphatic carbocycles. The Kier molecular flexibility index (Phi) is 4.28. The van der Waals surface area contributed by atoms with Crippen LogP contribution in [0, 0.1) is 0 Å². The van der Waals surface area contributed by atoms with Crippen LogP contribution < -0.4 is 5.56 Å². The molecule has 0 aliphatic heterocycles. The smallest absolute Gasteiger partial charge is 0.267 e.